The summed E-state index contributed by atoms with van der Waals surface area (Å²) < 4.78 is 36.1. The van der Waals surface area contributed by atoms with Gasteiger partial charge < -0.3 is 0 Å². The Kier molecular flexibility index (Phi) is 4.07. The first kappa shape index (κ1) is 12.9. The number of hydrogen-bond acceptors (Lipinski definition) is 1. The summed E-state index contributed by atoms with van der Waals surface area (Å²) in [6, 6.07) is 3.69. The molecule has 0 N–H and O–H groups in total. The van der Waals surface area contributed by atoms with Crippen molar-refractivity contribution in [2.75, 3.05) is 5.75 Å². The van der Waals surface area contributed by atoms with E-state index in [2.05, 4.69) is 9.24 Å². The lowest BCUT2D eigenvalue weighted by Crippen LogP contribution is -2.12. The van der Waals surface area contributed by atoms with Gasteiger partial charge in [-0.25, -0.2) is 0 Å². The van der Waals surface area contributed by atoms with Gasteiger partial charge in [-0.1, -0.05) is 6.07 Å². The molecule has 0 bridgehead atoms. The molecule has 0 fully saturated rings. The third-order valence-corrected chi connectivity index (χ3v) is 3.84. The van der Waals surface area contributed by atoms with Crippen LogP contribution in [0.1, 0.15) is 11.1 Å². The van der Waals surface area contributed by atoms with Crippen LogP contribution in [-0.4, -0.2) is 11.9 Å². The fraction of sp³-hybridized carbons (Fsp3) is 0.400. The monoisotopic (exact) mass is 252 g/mol. The van der Waals surface area contributed by atoms with Crippen molar-refractivity contribution in [3.05, 3.63) is 23.3 Å². The number of rotatable bonds is 2. The fourth-order valence-electron chi connectivity index (χ4n) is 1.10. The average Bonchev–Trinajstić information content (AvgIpc) is 2.07. The summed E-state index contributed by atoms with van der Waals surface area (Å²) in [4.78, 5) is 0.681. The highest BCUT2D eigenvalue weighted by Crippen LogP contribution is 2.28. The minimum Gasteiger partial charge on any atom is -0.170 e. The summed E-state index contributed by atoms with van der Waals surface area (Å²) in [5, 5.41) is 0.826. The highest BCUT2D eigenvalue weighted by Gasteiger charge is 2.27. The molecule has 1 aromatic carbocycles. The van der Waals surface area contributed by atoms with Crippen molar-refractivity contribution in [2.24, 2.45) is 0 Å². The Morgan fingerprint density at radius 2 is 1.73 bits per heavy atom. The molecule has 0 saturated carbocycles. The summed E-state index contributed by atoms with van der Waals surface area (Å²) in [6.45, 7) is 3.85. The molecular formula is C10H12F3PS. The molecule has 1 aromatic rings. The van der Waals surface area contributed by atoms with Gasteiger partial charge in [0.2, 0.25) is 0 Å². The van der Waals surface area contributed by atoms with E-state index < -0.39 is 11.9 Å². The molecule has 0 aromatic heterocycles. The summed E-state index contributed by atoms with van der Waals surface area (Å²) in [7, 11) is 2.47. The first-order valence-electron chi connectivity index (χ1n) is 4.36. The van der Waals surface area contributed by atoms with Crippen LogP contribution < -0.4 is 5.30 Å². The van der Waals surface area contributed by atoms with E-state index >= 15 is 0 Å². The summed E-state index contributed by atoms with van der Waals surface area (Å²) in [5.74, 6) is -0.836. The number of thioether (sulfide) groups is 1. The molecule has 0 heterocycles. The molecule has 84 valence electrons. The van der Waals surface area contributed by atoms with E-state index in [9.17, 15) is 13.2 Å². The van der Waals surface area contributed by atoms with Crippen molar-refractivity contribution in [1.29, 1.82) is 0 Å². The van der Waals surface area contributed by atoms with Crippen molar-refractivity contribution >= 4 is 26.3 Å². The van der Waals surface area contributed by atoms with Crippen molar-refractivity contribution in [2.45, 2.75) is 24.9 Å². The van der Waals surface area contributed by atoms with Gasteiger partial charge in [0.05, 0.1) is 5.75 Å². The topological polar surface area (TPSA) is 0 Å². The SMILES string of the molecule is Cc1cc(P)c(SCC(F)(F)F)cc1C. The van der Waals surface area contributed by atoms with Crippen molar-refractivity contribution < 1.29 is 13.2 Å². The van der Waals surface area contributed by atoms with Gasteiger partial charge in [0.25, 0.3) is 0 Å². The van der Waals surface area contributed by atoms with E-state index in [1.54, 1.807) is 6.07 Å². The van der Waals surface area contributed by atoms with E-state index in [0.717, 1.165) is 28.2 Å². The van der Waals surface area contributed by atoms with Gasteiger partial charge in [-0.2, -0.15) is 13.2 Å². The molecule has 5 heteroatoms. The number of hydrogen-bond donors (Lipinski definition) is 0. The maximum atomic E-state index is 12.0. The maximum absolute atomic E-state index is 12.0. The van der Waals surface area contributed by atoms with Crippen LogP contribution in [0.25, 0.3) is 0 Å². The molecule has 0 nitrogen and oxygen atoms in total. The Bertz CT molecular complexity index is 360. The molecule has 1 atom stereocenters. The minimum atomic E-state index is -4.11. The third kappa shape index (κ3) is 4.04. The van der Waals surface area contributed by atoms with E-state index in [-0.39, 0.29) is 0 Å². The minimum absolute atomic E-state index is 0.681. The summed E-state index contributed by atoms with van der Waals surface area (Å²) in [5.41, 5.74) is 2.11. The third-order valence-electron chi connectivity index (χ3n) is 2.02. The predicted molar refractivity (Wildman–Crippen MR) is 62.0 cm³/mol. The zero-order valence-corrected chi connectivity index (χ0v) is 10.5. The molecule has 0 aliphatic heterocycles. The summed E-state index contributed by atoms with van der Waals surface area (Å²) >= 11 is 0.831. The van der Waals surface area contributed by atoms with Crippen LogP contribution in [0.15, 0.2) is 17.0 Å². The number of alkyl halides is 3. The number of aryl methyl sites for hydroxylation is 2. The van der Waals surface area contributed by atoms with E-state index in [4.69, 9.17) is 0 Å². The van der Waals surface area contributed by atoms with Gasteiger partial charge in [0.15, 0.2) is 0 Å². The molecule has 0 radical (unpaired) electrons. The zero-order valence-electron chi connectivity index (χ0n) is 8.48. The Morgan fingerprint density at radius 1 is 1.20 bits per heavy atom. The molecule has 0 saturated heterocycles. The Labute approximate surface area is 93.8 Å². The van der Waals surface area contributed by atoms with Gasteiger partial charge in [-0.15, -0.1) is 21.0 Å². The van der Waals surface area contributed by atoms with Gasteiger partial charge in [-0.3, -0.25) is 0 Å². The average molecular weight is 252 g/mol. The van der Waals surface area contributed by atoms with Crippen LogP contribution in [0, 0.1) is 13.8 Å². The summed E-state index contributed by atoms with van der Waals surface area (Å²) in [6.07, 6.45) is -4.11. The second-order valence-corrected chi connectivity index (χ2v) is 5.02. The molecule has 0 aliphatic rings. The predicted octanol–water partition coefficient (Wildman–Crippen LogP) is 3.46. The first-order chi connectivity index (χ1) is 6.79. The van der Waals surface area contributed by atoms with Crippen LogP contribution in [0.2, 0.25) is 0 Å². The van der Waals surface area contributed by atoms with Gasteiger partial charge in [0, 0.05) is 4.90 Å². The van der Waals surface area contributed by atoms with Gasteiger partial charge >= 0.3 is 6.18 Å². The second kappa shape index (κ2) is 4.75. The smallest absolute Gasteiger partial charge is 0.170 e. The van der Waals surface area contributed by atoms with Crippen LogP contribution in [0.3, 0.4) is 0 Å². The lowest BCUT2D eigenvalue weighted by Gasteiger charge is -2.10. The standard InChI is InChI=1S/C10H12F3PS/c1-6-3-8(14)9(4-7(6)2)15-5-10(11,12)13/h3-4H,5,14H2,1-2H3. The van der Waals surface area contributed by atoms with Gasteiger partial charge in [0.1, 0.15) is 0 Å². The lowest BCUT2D eigenvalue weighted by atomic mass is 10.1. The zero-order chi connectivity index (χ0) is 11.6. The van der Waals surface area contributed by atoms with Crippen LogP contribution in [0.5, 0.6) is 0 Å². The normalized spacial score (nSPS) is 11.9. The molecule has 0 spiro atoms. The van der Waals surface area contributed by atoms with Crippen LogP contribution in [0.4, 0.5) is 13.2 Å². The molecule has 1 unspecified atom stereocenters. The first-order valence-corrected chi connectivity index (χ1v) is 5.92. The second-order valence-electron chi connectivity index (χ2n) is 3.38. The molecule has 15 heavy (non-hydrogen) atoms. The Morgan fingerprint density at radius 3 is 2.27 bits per heavy atom. The fourth-order valence-corrected chi connectivity index (χ4v) is 2.48. The van der Waals surface area contributed by atoms with Crippen LogP contribution >= 0.6 is 21.0 Å². The Balaban J connectivity index is 2.82. The van der Waals surface area contributed by atoms with Crippen molar-refractivity contribution in [3.63, 3.8) is 0 Å². The molecular weight excluding hydrogens is 240 g/mol. The highest BCUT2D eigenvalue weighted by atomic mass is 32.2. The van der Waals surface area contributed by atoms with Crippen molar-refractivity contribution in [3.8, 4) is 0 Å². The molecule has 1 rings (SSSR count). The van der Waals surface area contributed by atoms with Crippen molar-refractivity contribution in [1.82, 2.24) is 0 Å². The van der Waals surface area contributed by atoms with Gasteiger partial charge in [-0.05, 0) is 36.3 Å². The molecule has 0 aliphatic carbocycles. The number of halogens is 3. The quantitative estimate of drug-likeness (QED) is 0.573. The largest absolute Gasteiger partial charge is 0.398 e. The Hall–Kier alpha value is -0.210. The van der Waals surface area contributed by atoms with Crippen LogP contribution in [-0.2, 0) is 0 Å². The van der Waals surface area contributed by atoms with E-state index in [1.165, 1.54) is 0 Å². The number of benzene rings is 1. The highest BCUT2D eigenvalue weighted by molar-refractivity contribution is 7.99. The van der Waals surface area contributed by atoms with E-state index in [0.29, 0.717) is 4.90 Å². The maximum Gasteiger partial charge on any atom is 0.398 e. The van der Waals surface area contributed by atoms with E-state index in [1.807, 2.05) is 19.9 Å². The lowest BCUT2D eigenvalue weighted by molar-refractivity contribution is -0.105. The molecule has 0 amide bonds.